The summed E-state index contributed by atoms with van der Waals surface area (Å²) in [4.78, 5) is 21.7. The number of amides is 1. The van der Waals surface area contributed by atoms with Gasteiger partial charge in [-0.3, -0.25) is 9.48 Å². The van der Waals surface area contributed by atoms with Gasteiger partial charge in [0, 0.05) is 24.3 Å². The minimum atomic E-state index is -0.179. The van der Waals surface area contributed by atoms with Crippen molar-refractivity contribution in [3.05, 3.63) is 89.2 Å². The highest BCUT2D eigenvalue weighted by molar-refractivity contribution is 5.93. The number of nitrogens with zero attached hydrogens (tertiary/aromatic N) is 6. The Morgan fingerprint density at radius 1 is 1.13 bits per heavy atom. The first kappa shape index (κ1) is 19.0. The summed E-state index contributed by atoms with van der Waals surface area (Å²) in [5.74, 6) is -0.179. The lowest BCUT2D eigenvalue weighted by molar-refractivity contribution is 0.0950. The van der Waals surface area contributed by atoms with Crippen LogP contribution in [0.5, 0.6) is 0 Å². The van der Waals surface area contributed by atoms with Crippen molar-refractivity contribution in [1.82, 2.24) is 33.9 Å². The number of hydrogen-bond donors (Lipinski definition) is 1. The summed E-state index contributed by atoms with van der Waals surface area (Å²) < 4.78 is 5.76. The van der Waals surface area contributed by atoms with Gasteiger partial charge in [0.1, 0.15) is 5.65 Å². The number of hydrogen-bond acceptors (Lipinski definition) is 4. The first-order valence-corrected chi connectivity index (χ1v) is 10.1. The number of rotatable bonds is 5. The number of nitrogens with one attached hydrogen (secondary N) is 1. The van der Waals surface area contributed by atoms with E-state index in [0.29, 0.717) is 18.7 Å². The van der Waals surface area contributed by atoms with Gasteiger partial charge >= 0.3 is 0 Å². The summed E-state index contributed by atoms with van der Waals surface area (Å²) >= 11 is 0. The molecule has 5 heterocycles. The van der Waals surface area contributed by atoms with Gasteiger partial charge in [-0.1, -0.05) is 6.07 Å². The van der Waals surface area contributed by atoms with E-state index in [1.807, 2.05) is 35.9 Å². The minimum absolute atomic E-state index is 0.179. The molecule has 0 saturated carbocycles. The molecule has 5 rings (SSSR count). The van der Waals surface area contributed by atoms with E-state index in [-0.39, 0.29) is 5.91 Å². The molecule has 5 aromatic rings. The van der Waals surface area contributed by atoms with Gasteiger partial charge < -0.3 is 14.1 Å². The number of pyridine rings is 2. The van der Waals surface area contributed by atoms with Gasteiger partial charge in [0.05, 0.1) is 48.1 Å². The van der Waals surface area contributed by atoms with Crippen molar-refractivity contribution in [1.29, 1.82) is 0 Å². The second-order valence-electron chi connectivity index (χ2n) is 7.86. The Labute approximate surface area is 179 Å². The second-order valence-corrected chi connectivity index (χ2v) is 7.86. The number of aromatic nitrogens is 6. The van der Waals surface area contributed by atoms with Crippen molar-refractivity contribution < 1.29 is 4.79 Å². The molecule has 0 saturated heterocycles. The molecule has 1 N–H and O–H groups in total. The zero-order valence-electron chi connectivity index (χ0n) is 17.7. The van der Waals surface area contributed by atoms with Gasteiger partial charge in [0.2, 0.25) is 0 Å². The van der Waals surface area contributed by atoms with Gasteiger partial charge in [-0.05, 0) is 50.1 Å². The molecule has 8 heteroatoms. The van der Waals surface area contributed by atoms with Gasteiger partial charge in [0.15, 0.2) is 0 Å². The molecule has 0 atom stereocenters. The second kappa shape index (κ2) is 7.39. The van der Waals surface area contributed by atoms with E-state index in [0.717, 1.165) is 28.1 Å². The summed E-state index contributed by atoms with van der Waals surface area (Å²) in [7, 11) is 0. The molecule has 5 aromatic heterocycles. The highest BCUT2D eigenvalue weighted by Gasteiger charge is 2.12. The van der Waals surface area contributed by atoms with E-state index in [4.69, 9.17) is 0 Å². The Bertz CT molecular complexity index is 1420. The van der Waals surface area contributed by atoms with Crippen LogP contribution < -0.4 is 5.32 Å². The molecule has 0 radical (unpaired) electrons. The monoisotopic (exact) mass is 413 g/mol. The van der Waals surface area contributed by atoms with Crippen molar-refractivity contribution in [2.75, 3.05) is 0 Å². The van der Waals surface area contributed by atoms with Crippen molar-refractivity contribution in [3.8, 4) is 0 Å². The fourth-order valence-electron chi connectivity index (χ4n) is 3.70. The maximum absolute atomic E-state index is 12.6. The van der Waals surface area contributed by atoms with Crippen LogP contribution in [0.25, 0.3) is 11.2 Å². The maximum atomic E-state index is 12.6. The van der Waals surface area contributed by atoms with E-state index in [9.17, 15) is 4.79 Å². The topological polar surface area (TPSA) is 81.5 Å². The molecule has 0 unspecified atom stereocenters. The van der Waals surface area contributed by atoms with Gasteiger partial charge in [0.25, 0.3) is 5.91 Å². The molecule has 0 bridgehead atoms. The molecule has 0 aliphatic carbocycles. The van der Waals surface area contributed by atoms with Crippen molar-refractivity contribution in [2.24, 2.45) is 0 Å². The standard InChI is InChI=1S/C23H23N7O/c1-15-6-7-28-14-25-20(21(28)8-15)10-24-23(31)18-9-26-29(11-18)12-19-13-30-17(3)16(2)4-5-22(30)27-19/h4-9,11,13-14H,10,12H2,1-3H3,(H,24,31). The van der Waals surface area contributed by atoms with E-state index in [2.05, 4.69) is 50.8 Å². The molecular formula is C23H23N7O. The summed E-state index contributed by atoms with van der Waals surface area (Å²) in [6, 6.07) is 8.17. The fraction of sp³-hybridized carbons (Fsp3) is 0.217. The van der Waals surface area contributed by atoms with E-state index < -0.39 is 0 Å². The molecule has 31 heavy (non-hydrogen) atoms. The quantitative estimate of drug-likeness (QED) is 0.480. The molecule has 8 nitrogen and oxygen atoms in total. The lowest BCUT2D eigenvalue weighted by atomic mass is 10.2. The minimum Gasteiger partial charge on any atom is -0.346 e. The summed E-state index contributed by atoms with van der Waals surface area (Å²) in [5, 5.41) is 7.27. The Hall–Kier alpha value is -3.94. The average molecular weight is 413 g/mol. The molecule has 156 valence electrons. The largest absolute Gasteiger partial charge is 0.346 e. The highest BCUT2D eigenvalue weighted by atomic mass is 16.1. The van der Waals surface area contributed by atoms with Crippen LogP contribution in [-0.2, 0) is 13.1 Å². The Morgan fingerprint density at radius 2 is 2.00 bits per heavy atom. The van der Waals surface area contributed by atoms with Gasteiger partial charge in [-0.15, -0.1) is 0 Å². The van der Waals surface area contributed by atoms with E-state index >= 15 is 0 Å². The number of carbonyl (C=O) groups excluding carboxylic acids is 1. The van der Waals surface area contributed by atoms with Crippen LogP contribution in [0.2, 0.25) is 0 Å². The SMILES string of the molecule is Cc1ccn2cnc(CNC(=O)c3cnn(Cc4cn5c(C)c(C)ccc5n4)c3)c2c1. The third-order valence-electron chi connectivity index (χ3n) is 5.61. The smallest absolute Gasteiger partial charge is 0.254 e. The summed E-state index contributed by atoms with van der Waals surface area (Å²) in [5.41, 5.74) is 7.67. The predicted octanol–water partition coefficient (Wildman–Crippen LogP) is 3.08. The molecular weight excluding hydrogens is 390 g/mol. The van der Waals surface area contributed by atoms with Crippen LogP contribution in [0, 0.1) is 20.8 Å². The zero-order valence-corrected chi connectivity index (χ0v) is 17.7. The first-order chi connectivity index (χ1) is 15.0. The van der Waals surface area contributed by atoms with Crippen LogP contribution in [0.1, 0.15) is 38.6 Å². The maximum Gasteiger partial charge on any atom is 0.254 e. The Balaban J connectivity index is 1.28. The third kappa shape index (κ3) is 3.56. The van der Waals surface area contributed by atoms with Crippen LogP contribution in [0.4, 0.5) is 0 Å². The molecule has 0 aliphatic heterocycles. The van der Waals surface area contributed by atoms with Crippen molar-refractivity contribution >= 4 is 17.1 Å². The zero-order chi connectivity index (χ0) is 21.5. The number of carbonyl (C=O) groups is 1. The van der Waals surface area contributed by atoms with Crippen LogP contribution in [0.3, 0.4) is 0 Å². The van der Waals surface area contributed by atoms with Crippen LogP contribution in [0.15, 0.2) is 55.4 Å². The predicted molar refractivity (Wildman–Crippen MR) is 117 cm³/mol. The number of aryl methyl sites for hydroxylation is 3. The Morgan fingerprint density at radius 3 is 2.87 bits per heavy atom. The van der Waals surface area contributed by atoms with E-state index in [1.54, 1.807) is 23.4 Å². The normalized spacial score (nSPS) is 11.5. The molecule has 1 amide bonds. The average Bonchev–Trinajstić information content (AvgIpc) is 3.48. The molecule has 0 fully saturated rings. The molecule has 0 aliphatic rings. The highest BCUT2D eigenvalue weighted by Crippen LogP contribution is 2.14. The van der Waals surface area contributed by atoms with Crippen molar-refractivity contribution in [3.63, 3.8) is 0 Å². The van der Waals surface area contributed by atoms with Gasteiger partial charge in [-0.2, -0.15) is 5.10 Å². The lowest BCUT2D eigenvalue weighted by Gasteiger charge is -2.03. The van der Waals surface area contributed by atoms with E-state index in [1.165, 1.54) is 11.3 Å². The lowest BCUT2D eigenvalue weighted by Crippen LogP contribution is -2.22. The molecule has 0 spiro atoms. The summed E-state index contributed by atoms with van der Waals surface area (Å²) in [6.07, 6.45) is 9.06. The van der Waals surface area contributed by atoms with Crippen LogP contribution >= 0.6 is 0 Å². The third-order valence-corrected chi connectivity index (χ3v) is 5.61. The Kier molecular flexibility index (Phi) is 4.54. The van der Waals surface area contributed by atoms with Gasteiger partial charge in [-0.25, -0.2) is 9.97 Å². The van der Waals surface area contributed by atoms with Crippen molar-refractivity contribution in [2.45, 2.75) is 33.9 Å². The summed E-state index contributed by atoms with van der Waals surface area (Å²) in [6.45, 7) is 7.05. The molecule has 0 aromatic carbocycles. The number of fused-ring (bicyclic) bond motifs is 2. The number of imidazole rings is 2. The van der Waals surface area contributed by atoms with Crippen LogP contribution in [-0.4, -0.2) is 34.5 Å². The first-order valence-electron chi connectivity index (χ1n) is 10.1. The fourth-order valence-corrected chi connectivity index (χ4v) is 3.70.